The van der Waals surface area contributed by atoms with Gasteiger partial charge in [0.15, 0.2) is 5.11 Å². The van der Waals surface area contributed by atoms with Gasteiger partial charge in [-0.15, -0.1) is 0 Å². The minimum absolute atomic E-state index is 0.0295. The quantitative estimate of drug-likeness (QED) is 0.569. The zero-order chi connectivity index (χ0) is 23.0. The second-order valence-corrected chi connectivity index (χ2v) is 8.47. The Balaban J connectivity index is 1.98. The molecule has 0 radical (unpaired) electrons. The van der Waals surface area contributed by atoms with Gasteiger partial charge in [-0.3, -0.25) is 9.59 Å². The maximum atomic E-state index is 12.6. The SMILES string of the molecule is CCN(CC)C(=O)c1cccc(NC(=S)NC(=O)C(C)c2ccc(CC(C)C)cc2)c1. The molecule has 0 bridgehead atoms. The summed E-state index contributed by atoms with van der Waals surface area (Å²) in [5.74, 6) is 0.0573. The average Bonchev–Trinajstić information content (AvgIpc) is 2.74. The summed E-state index contributed by atoms with van der Waals surface area (Å²) in [6.45, 7) is 11.4. The monoisotopic (exact) mass is 439 g/mol. The third-order valence-electron chi connectivity index (χ3n) is 5.17. The van der Waals surface area contributed by atoms with Crippen molar-refractivity contribution in [3.63, 3.8) is 0 Å². The molecule has 0 heterocycles. The molecule has 0 aliphatic rings. The molecule has 2 N–H and O–H groups in total. The lowest BCUT2D eigenvalue weighted by Gasteiger charge is -2.19. The number of thiocarbonyl (C=S) groups is 1. The predicted molar refractivity (Wildman–Crippen MR) is 131 cm³/mol. The lowest BCUT2D eigenvalue weighted by molar-refractivity contribution is -0.120. The molecule has 1 unspecified atom stereocenters. The van der Waals surface area contributed by atoms with Gasteiger partial charge in [-0.1, -0.05) is 44.2 Å². The smallest absolute Gasteiger partial charge is 0.253 e. The average molecular weight is 440 g/mol. The highest BCUT2D eigenvalue weighted by Crippen LogP contribution is 2.18. The Kier molecular flexibility index (Phi) is 9.19. The Morgan fingerprint density at radius 2 is 1.65 bits per heavy atom. The Hall–Kier alpha value is -2.73. The summed E-state index contributed by atoms with van der Waals surface area (Å²) in [7, 11) is 0. The summed E-state index contributed by atoms with van der Waals surface area (Å²) in [5.41, 5.74) is 3.45. The molecule has 0 saturated carbocycles. The van der Waals surface area contributed by atoms with Gasteiger partial charge in [0.2, 0.25) is 5.91 Å². The van der Waals surface area contributed by atoms with Crippen LogP contribution in [0.1, 0.15) is 62.0 Å². The van der Waals surface area contributed by atoms with Crippen LogP contribution in [0.3, 0.4) is 0 Å². The molecule has 2 aromatic rings. The molecule has 166 valence electrons. The zero-order valence-corrected chi connectivity index (χ0v) is 19.9. The van der Waals surface area contributed by atoms with Crippen LogP contribution >= 0.6 is 12.2 Å². The highest BCUT2D eigenvalue weighted by molar-refractivity contribution is 7.80. The van der Waals surface area contributed by atoms with Crippen LogP contribution in [0.2, 0.25) is 0 Å². The molecule has 0 spiro atoms. The summed E-state index contributed by atoms with van der Waals surface area (Å²) in [5, 5.41) is 5.97. The van der Waals surface area contributed by atoms with Gasteiger partial charge in [0.25, 0.3) is 5.91 Å². The number of anilines is 1. The Bertz CT molecular complexity index is 905. The zero-order valence-electron chi connectivity index (χ0n) is 19.1. The van der Waals surface area contributed by atoms with Crippen molar-refractivity contribution >= 4 is 34.8 Å². The number of benzene rings is 2. The Labute approximate surface area is 191 Å². The topological polar surface area (TPSA) is 61.4 Å². The minimum atomic E-state index is -0.330. The lowest BCUT2D eigenvalue weighted by atomic mass is 9.96. The van der Waals surface area contributed by atoms with Gasteiger partial charge in [0.05, 0.1) is 5.92 Å². The van der Waals surface area contributed by atoms with E-state index in [4.69, 9.17) is 12.2 Å². The molecule has 2 aromatic carbocycles. The van der Waals surface area contributed by atoms with Crippen molar-refractivity contribution in [2.45, 2.75) is 47.0 Å². The van der Waals surface area contributed by atoms with Crippen molar-refractivity contribution in [3.8, 4) is 0 Å². The van der Waals surface area contributed by atoms with E-state index >= 15 is 0 Å². The number of nitrogens with one attached hydrogen (secondary N) is 2. The summed E-state index contributed by atoms with van der Waals surface area (Å²) < 4.78 is 0. The first-order valence-corrected chi connectivity index (χ1v) is 11.3. The maximum Gasteiger partial charge on any atom is 0.253 e. The van der Waals surface area contributed by atoms with Gasteiger partial charge < -0.3 is 15.5 Å². The largest absolute Gasteiger partial charge is 0.339 e. The van der Waals surface area contributed by atoms with E-state index in [1.807, 2.05) is 39.0 Å². The van der Waals surface area contributed by atoms with Crippen LogP contribution in [0.25, 0.3) is 0 Å². The van der Waals surface area contributed by atoms with Gasteiger partial charge in [-0.2, -0.15) is 0 Å². The first-order valence-electron chi connectivity index (χ1n) is 10.8. The molecule has 0 aromatic heterocycles. The van der Waals surface area contributed by atoms with E-state index in [2.05, 4.69) is 36.6 Å². The van der Waals surface area contributed by atoms with Gasteiger partial charge in [0.1, 0.15) is 0 Å². The fraction of sp³-hybridized carbons (Fsp3) is 0.400. The van der Waals surface area contributed by atoms with Gasteiger partial charge in [-0.25, -0.2) is 0 Å². The van der Waals surface area contributed by atoms with Crippen molar-refractivity contribution in [1.29, 1.82) is 0 Å². The fourth-order valence-corrected chi connectivity index (χ4v) is 3.59. The van der Waals surface area contributed by atoms with E-state index in [1.165, 1.54) is 5.56 Å². The summed E-state index contributed by atoms with van der Waals surface area (Å²) in [6.07, 6.45) is 1.02. The van der Waals surface area contributed by atoms with Crippen LogP contribution < -0.4 is 10.6 Å². The van der Waals surface area contributed by atoms with Gasteiger partial charge >= 0.3 is 0 Å². The number of amides is 2. The Morgan fingerprint density at radius 3 is 2.23 bits per heavy atom. The van der Waals surface area contributed by atoms with Crippen LogP contribution in [0.5, 0.6) is 0 Å². The highest BCUT2D eigenvalue weighted by atomic mass is 32.1. The standard InChI is InChI=1S/C25H33N3O2S/c1-6-28(7-2)24(30)21-9-8-10-22(16-21)26-25(31)27-23(29)18(5)20-13-11-19(12-14-20)15-17(3)4/h8-14,16-18H,6-7,15H2,1-5H3,(H2,26,27,29,31). The van der Waals surface area contributed by atoms with Crippen molar-refractivity contribution in [1.82, 2.24) is 10.2 Å². The van der Waals surface area contributed by atoms with Gasteiger partial charge in [-0.05, 0) is 74.7 Å². The third-order valence-corrected chi connectivity index (χ3v) is 5.38. The van der Waals surface area contributed by atoms with E-state index in [1.54, 1.807) is 23.1 Å². The molecule has 0 aliphatic heterocycles. The summed E-state index contributed by atoms with van der Waals surface area (Å²) in [6, 6.07) is 15.3. The summed E-state index contributed by atoms with van der Waals surface area (Å²) >= 11 is 5.32. The van der Waals surface area contributed by atoms with E-state index < -0.39 is 0 Å². The normalized spacial score (nSPS) is 11.7. The van der Waals surface area contributed by atoms with Crippen LogP contribution in [-0.4, -0.2) is 34.9 Å². The van der Waals surface area contributed by atoms with Gasteiger partial charge in [0, 0.05) is 24.3 Å². The van der Waals surface area contributed by atoms with Crippen molar-refractivity contribution in [2.75, 3.05) is 18.4 Å². The van der Waals surface area contributed by atoms with Crippen molar-refractivity contribution in [3.05, 3.63) is 65.2 Å². The first kappa shape index (κ1) is 24.5. The van der Waals surface area contributed by atoms with Crippen LogP contribution in [-0.2, 0) is 11.2 Å². The number of nitrogens with zero attached hydrogens (tertiary/aromatic N) is 1. The second kappa shape index (κ2) is 11.6. The molecule has 31 heavy (non-hydrogen) atoms. The minimum Gasteiger partial charge on any atom is -0.339 e. The molecule has 0 saturated heterocycles. The maximum absolute atomic E-state index is 12.6. The number of carbonyl (C=O) groups is 2. The highest BCUT2D eigenvalue weighted by Gasteiger charge is 2.17. The van der Waals surface area contributed by atoms with E-state index in [0.717, 1.165) is 12.0 Å². The Morgan fingerprint density at radius 1 is 1.00 bits per heavy atom. The van der Waals surface area contributed by atoms with Crippen LogP contribution in [0.4, 0.5) is 5.69 Å². The summed E-state index contributed by atoms with van der Waals surface area (Å²) in [4.78, 5) is 27.0. The molecule has 0 fully saturated rings. The lowest BCUT2D eigenvalue weighted by Crippen LogP contribution is -2.36. The first-order chi connectivity index (χ1) is 14.7. The third kappa shape index (κ3) is 7.17. The molecule has 5 nitrogen and oxygen atoms in total. The number of hydrogen-bond donors (Lipinski definition) is 2. The van der Waals surface area contributed by atoms with E-state index in [-0.39, 0.29) is 22.8 Å². The van der Waals surface area contributed by atoms with Crippen molar-refractivity contribution in [2.24, 2.45) is 5.92 Å². The number of hydrogen-bond acceptors (Lipinski definition) is 3. The number of rotatable bonds is 8. The van der Waals surface area contributed by atoms with Crippen LogP contribution in [0.15, 0.2) is 48.5 Å². The van der Waals surface area contributed by atoms with E-state index in [0.29, 0.717) is 30.3 Å². The predicted octanol–water partition coefficient (Wildman–Crippen LogP) is 4.98. The molecule has 1 atom stereocenters. The number of carbonyl (C=O) groups excluding carboxylic acids is 2. The molecular formula is C25H33N3O2S. The second-order valence-electron chi connectivity index (χ2n) is 8.06. The van der Waals surface area contributed by atoms with Crippen molar-refractivity contribution < 1.29 is 9.59 Å². The molecule has 2 rings (SSSR count). The molecular weight excluding hydrogens is 406 g/mol. The molecule has 0 aliphatic carbocycles. The molecule has 2 amide bonds. The molecule has 6 heteroatoms. The van der Waals surface area contributed by atoms with E-state index in [9.17, 15) is 9.59 Å². The fourth-order valence-electron chi connectivity index (χ4n) is 3.37. The van der Waals surface area contributed by atoms with Crippen LogP contribution in [0, 0.1) is 5.92 Å².